The predicted molar refractivity (Wildman–Crippen MR) is 27.9 cm³/mol. The standard InChI is InChI=1S/C5H6NO/c1-2-6-3-5-7-4-1/h1-3,5H,4H2. The lowest BCUT2D eigenvalue weighted by atomic mass is 10.5. The second-order valence-electron chi connectivity index (χ2n) is 1.15. The molecule has 0 saturated carbocycles. The molecule has 37 valence electrons. The molecule has 1 rings (SSSR count). The fraction of sp³-hybridized carbons (Fsp3) is 0.200. The lowest BCUT2D eigenvalue weighted by Crippen LogP contribution is -1.84. The fourth-order valence-electron chi connectivity index (χ4n) is 0.343. The maximum Gasteiger partial charge on any atom is 0.101 e. The third kappa shape index (κ3) is 1.39. The van der Waals surface area contributed by atoms with Crippen molar-refractivity contribution in [2.45, 2.75) is 0 Å². The van der Waals surface area contributed by atoms with Gasteiger partial charge < -0.3 is 4.74 Å². The van der Waals surface area contributed by atoms with E-state index in [2.05, 4.69) is 4.99 Å². The van der Waals surface area contributed by atoms with Gasteiger partial charge in [-0.3, -0.25) is 4.99 Å². The van der Waals surface area contributed by atoms with Crippen LogP contribution in [-0.4, -0.2) is 12.8 Å². The second-order valence-corrected chi connectivity index (χ2v) is 1.15. The van der Waals surface area contributed by atoms with Crippen molar-refractivity contribution in [1.82, 2.24) is 0 Å². The van der Waals surface area contributed by atoms with Crippen molar-refractivity contribution in [1.29, 1.82) is 0 Å². The third-order valence-electron chi connectivity index (χ3n) is 0.627. The lowest BCUT2D eigenvalue weighted by molar-refractivity contribution is 0.284. The highest BCUT2D eigenvalue weighted by Gasteiger charge is 1.81. The van der Waals surface area contributed by atoms with Crippen molar-refractivity contribution in [3.05, 3.63) is 18.9 Å². The fourth-order valence-corrected chi connectivity index (χ4v) is 0.343. The first-order valence-corrected chi connectivity index (χ1v) is 2.12. The molecular weight excluding hydrogens is 90.1 g/mol. The van der Waals surface area contributed by atoms with Gasteiger partial charge in [0.05, 0.1) is 12.8 Å². The van der Waals surface area contributed by atoms with Gasteiger partial charge in [0.2, 0.25) is 0 Å². The first-order chi connectivity index (χ1) is 3.50. The molecule has 0 aromatic rings. The Bertz CT molecular complexity index is 84.3. The molecule has 0 N–H and O–H groups in total. The topological polar surface area (TPSA) is 21.6 Å². The van der Waals surface area contributed by atoms with Gasteiger partial charge in [0.25, 0.3) is 0 Å². The smallest absolute Gasteiger partial charge is 0.101 e. The van der Waals surface area contributed by atoms with E-state index in [1.807, 2.05) is 6.42 Å². The Morgan fingerprint density at radius 2 is 2.57 bits per heavy atom. The van der Waals surface area contributed by atoms with E-state index in [1.54, 1.807) is 18.7 Å². The Labute approximate surface area is 42.5 Å². The van der Waals surface area contributed by atoms with Crippen LogP contribution in [0, 0.1) is 6.42 Å². The molecular formula is C5H6NO. The SMILES string of the molecule is [CH]1C=NC=COC1. The number of rotatable bonds is 0. The summed E-state index contributed by atoms with van der Waals surface area (Å²) < 4.78 is 4.83. The molecule has 0 aliphatic carbocycles. The van der Waals surface area contributed by atoms with Crippen LogP contribution >= 0.6 is 0 Å². The molecule has 0 spiro atoms. The maximum absolute atomic E-state index is 4.83. The molecule has 0 fully saturated rings. The van der Waals surface area contributed by atoms with Crippen LogP contribution in [0.3, 0.4) is 0 Å². The lowest BCUT2D eigenvalue weighted by Gasteiger charge is -1.88. The van der Waals surface area contributed by atoms with Gasteiger partial charge in [0.1, 0.15) is 6.26 Å². The first kappa shape index (κ1) is 4.37. The minimum absolute atomic E-state index is 0.639. The zero-order valence-electron chi connectivity index (χ0n) is 3.87. The molecule has 1 aliphatic rings. The van der Waals surface area contributed by atoms with Crippen LogP contribution in [0.4, 0.5) is 0 Å². The summed E-state index contributed by atoms with van der Waals surface area (Å²) in [4.78, 5) is 3.78. The van der Waals surface area contributed by atoms with Crippen LogP contribution in [0.15, 0.2) is 17.5 Å². The van der Waals surface area contributed by atoms with Crippen molar-refractivity contribution < 1.29 is 4.74 Å². The Hall–Kier alpha value is -0.790. The molecule has 0 saturated heterocycles. The molecule has 1 heterocycles. The van der Waals surface area contributed by atoms with Crippen molar-refractivity contribution in [2.75, 3.05) is 6.61 Å². The van der Waals surface area contributed by atoms with Gasteiger partial charge in [0, 0.05) is 12.6 Å². The summed E-state index contributed by atoms with van der Waals surface area (Å²) in [5, 5.41) is 0. The summed E-state index contributed by atoms with van der Waals surface area (Å²) in [6, 6.07) is 0. The number of aliphatic imine (C=N–C) groups is 1. The molecule has 0 unspecified atom stereocenters. The predicted octanol–water partition coefficient (Wildman–Crippen LogP) is 0.763. The van der Waals surface area contributed by atoms with E-state index >= 15 is 0 Å². The van der Waals surface area contributed by atoms with Crippen LogP contribution in [0.25, 0.3) is 0 Å². The van der Waals surface area contributed by atoms with E-state index in [-0.39, 0.29) is 0 Å². The molecule has 0 bridgehead atoms. The van der Waals surface area contributed by atoms with Crippen LogP contribution < -0.4 is 0 Å². The number of hydrogen-bond donors (Lipinski definition) is 0. The monoisotopic (exact) mass is 96.0 g/mol. The minimum Gasteiger partial charge on any atom is -0.499 e. The number of hydrogen-bond acceptors (Lipinski definition) is 2. The normalized spacial score (nSPS) is 18.3. The Kier molecular flexibility index (Phi) is 1.50. The molecule has 1 radical (unpaired) electrons. The van der Waals surface area contributed by atoms with E-state index in [4.69, 9.17) is 4.74 Å². The first-order valence-electron chi connectivity index (χ1n) is 2.12. The van der Waals surface area contributed by atoms with Crippen molar-refractivity contribution >= 4 is 6.21 Å². The largest absolute Gasteiger partial charge is 0.499 e. The van der Waals surface area contributed by atoms with Gasteiger partial charge in [-0.15, -0.1) is 0 Å². The molecule has 0 aromatic carbocycles. The average Bonchev–Trinajstić information content (AvgIpc) is 1.90. The van der Waals surface area contributed by atoms with Crippen molar-refractivity contribution in [2.24, 2.45) is 4.99 Å². The van der Waals surface area contributed by atoms with E-state index in [9.17, 15) is 0 Å². The Balaban J connectivity index is 2.39. The molecule has 2 heteroatoms. The van der Waals surface area contributed by atoms with E-state index in [0.717, 1.165) is 0 Å². The average molecular weight is 96.1 g/mol. The summed E-state index contributed by atoms with van der Waals surface area (Å²) in [5.74, 6) is 0. The molecule has 1 aliphatic heterocycles. The number of ether oxygens (including phenoxy) is 1. The van der Waals surface area contributed by atoms with Gasteiger partial charge in [0.15, 0.2) is 0 Å². The quantitative estimate of drug-likeness (QED) is 0.436. The zero-order valence-corrected chi connectivity index (χ0v) is 3.87. The van der Waals surface area contributed by atoms with Crippen molar-refractivity contribution in [3.8, 4) is 0 Å². The summed E-state index contributed by atoms with van der Waals surface area (Å²) >= 11 is 0. The van der Waals surface area contributed by atoms with Gasteiger partial charge in [-0.25, -0.2) is 0 Å². The third-order valence-corrected chi connectivity index (χ3v) is 0.627. The van der Waals surface area contributed by atoms with Crippen LogP contribution in [0.1, 0.15) is 0 Å². The summed E-state index contributed by atoms with van der Waals surface area (Å²) in [6.07, 6.45) is 6.74. The highest BCUT2D eigenvalue weighted by atomic mass is 16.5. The van der Waals surface area contributed by atoms with Crippen LogP contribution in [-0.2, 0) is 4.74 Å². The van der Waals surface area contributed by atoms with Crippen LogP contribution in [0.5, 0.6) is 0 Å². The summed E-state index contributed by atoms with van der Waals surface area (Å²) in [5.41, 5.74) is 0. The second kappa shape index (κ2) is 2.39. The van der Waals surface area contributed by atoms with Crippen molar-refractivity contribution in [3.63, 3.8) is 0 Å². The van der Waals surface area contributed by atoms with Crippen LogP contribution in [0.2, 0.25) is 0 Å². The zero-order chi connectivity index (χ0) is 4.95. The van der Waals surface area contributed by atoms with Gasteiger partial charge in [-0.2, -0.15) is 0 Å². The highest BCUT2D eigenvalue weighted by molar-refractivity contribution is 5.68. The van der Waals surface area contributed by atoms with E-state index in [0.29, 0.717) is 6.61 Å². The summed E-state index contributed by atoms with van der Waals surface area (Å²) in [6.45, 7) is 0.639. The molecule has 0 amide bonds. The van der Waals surface area contributed by atoms with Gasteiger partial charge >= 0.3 is 0 Å². The maximum atomic E-state index is 4.83. The molecule has 0 aromatic heterocycles. The molecule has 0 atom stereocenters. The number of nitrogens with zero attached hydrogens (tertiary/aromatic N) is 1. The minimum atomic E-state index is 0.639. The Morgan fingerprint density at radius 3 is 3.57 bits per heavy atom. The molecule has 2 nitrogen and oxygen atoms in total. The van der Waals surface area contributed by atoms with Gasteiger partial charge in [-0.05, 0) is 0 Å². The Morgan fingerprint density at radius 1 is 1.57 bits per heavy atom. The summed E-state index contributed by atoms with van der Waals surface area (Å²) in [7, 11) is 0. The van der Waals surface area contributed by atoms with E-state index in [1.165, 1.54) is 0 Å². The van der Waals surface area contributed by atoms with E-state index < -0.39 is 0 Å². The highest BCUT2D eigenvalue weighted by Crippen LogP contribution is 1.85. The van der Waals surface area contributed by atoms with Gasteiger partial charge in [-0.1, -0.05) is 0 Å². The molecule has 7 heavy (non-hydrogen) atoms.